The Bertz CT molecular complexity index is 450. The summed E-state index contributed by atoms with van der Waals surface area (Å²) in [6.07, 6.45) is 4.71. The van der Waals surface area contributed by atoms with Crippen LogP contribution in [0.2, 0.25) is 0 Å². The molecule has 1 aliphatic rings. The summed E-state index contributed by atoms with van der Waals surface area (Å²) in [6, 6.07) is 7.51. The van der Waals surface area contributed by atoms with Gasteiger partial charge in [-0.15, -0.1) is 0 Å². The van der Waals surface area contributed by atoms with Gasteiger partial charge in [-0.25, -0.2) is 0 Å². The maximum Gasteiger partial charge on any atom is 0.256 e. The third kappa shape index (κ3) is 3.97. The smallest absolute Gasteiger partial charge is 0.256 e. The first-order valence-corrected chi connectivity index (χ1v) is 7.88. The van der Waals surface area contributed by atoms with Gasteiger partial charge in [-0.05, 0) is 63.3 Å². The molecule has 0 unspecified atom stereocenters. The van der Waals surface area contributed by atoms with Gasteiger partial charge >= 0.3 is 0 Å². The quantitative estimate of drug-likeness (QED) is 0.832. The highest BCUT2D eigenvalue weighted by molar-refractivity contribution is 5.97. The number of amides is 1. The fourth-order valence-corrected chi connectivity index (χ4v) is 2.76. The Morgan fingerprint density at radius 1 is 1.19 bits per heavy atom. The second-order valence-corrected chi connectivity index (χ2v) is 5.46. The highest BCUT2D eigenvalue weighted by atomic mass is 16.5. The van der Waals surface area contributed by atoms with Crippen LogP contribution < -0.4 is 10.1 Å². The van der Waals surface area contributed by atoms with Gasteiger partial charge in [0.2, 0.25) is 0 Å². The van der Waals surface area contributed by atoms with Gasteiger partial charge in [0, 0.05) is 12.3 Å². The van der Waals surface area contributed by atoms with Gasteiger partial charge in [-0.3, -0.25) is 4.79 Å². The molecule has 0 heterocycles. The van der Waals surface area contributed by atoms with Crippen LogP contribution in [0.3, 0.4) is 0 Å². The first-order valence-electron chi connectivity index (χ1n) is 7.88. The Kier molecular flexibility index (Phi) is 5.62. The number of anilines is 1. The summed E-state index contributed by atoms with van der Waals surface area (Å²) in [5.41, 5.74) is 0.154. The lowest BCUT2D eigenvalue weighted by molar-refractivity contribution is -0.140. The highest BCUT2D eigenvalue weighted by Crippen LogP contribution is 2.34. The normalized spacial score (nSPS) is 16.7. The minimum absolute atomic E-state index is 0.0240. The van der Waals surface area contributed by atoms with Gasteiger partial charge in [0.25, 0.3) is 5.91 Å². The standard InChI is InChI=1S/C17H25NO3/c1-3-13-20-15-9-7-14(8-10-15)18-16(19)17(21-4-2)11-5-6-12-17/h7-10H,3-6,11-13H2,1-2H3,(H,18,19). The molecule has 4 nitrogen and oxygen atoms in total. The molecule has 1 aromatic rings. The molecule has 0 atom stereocenters. The molecule has 1 aromatic carbocycles. The summed E-state index contributed by atoms with van der Waals surface area (Å²) in [5.74, 6) is 0.805. The van der Waals surface area contributed by atoms with E-state index in [1.807, 2.05) is 31.2 Å². The van der Waals surface area contributed by atoms with E-state index < -0.39 is 5.60 Å². The van der Waals surface area contributed by atoms with Crippen LogP contribution in [0, 0.1) is 0 Å². The van der Waals surface area contributed by atoms with Crippen LogP contribution in [0.5, 0.6) is 5.75 Å². The van der Waals surface area contributed by atoms with Crippen LogP contribution in [0.25, 0.3) is 0 Å². The maximum atomic E-state index is 12.5. The van der Waals surface area contributed by atoms with E-state index in [9.17, 15) is 4.79 Å². The zero-order valence-corrected chi connectivity index (χ0v) is 13.0. The summed E-state index contributed by atoms with van der Waals surface area (Å²) in [6.45, 7) is 5.28. The van der Waals surface area contributed by atoms with E-state index in [1.54, 1.807) is 0 Å². The molecule has 0 saturated heterocycles. The molecule has 2 rings (SSSR count). The molecular formula is C17H25NO3. The van der Waals surface area contributed by atoms with Crippen molar-refractivity contribution in [1.82, 2.24) is 0 Å². The fraction of sp³-hybridized carbons (Fsp3) is 0.588. The average molecular weight is 291 g/mol. The van der Waals surface area contributed by atoms with E-state index in [0.717, 1.165) is 43.5 Å². The van der Waals surface area contributed by atoms with Crippen LogP contribution in [-0.2, 0) is 9.53 Å². The van der Waals surface area contributed by atoms with Crippen molar-refractivity contribution in [3.05, 3.63) is 24.3 Å². The first kappa shape index (κ1) is 15.8. The average Bonchev–Trinajstić information content (AvgIpc) is 2.97. The Morgan fingerprint density at radius 3 is 2.43 bits per heavy atom. The SMILES string of the molecule is CCCOc1ccc(NC(=O)C2(OCC)CCCC2)cc1. The first-order chi connectivity index (χ1) is 10.2. The predicted molar refractivity (Wildman–Crippen MR) is 83.7 cm³/mol. The number of hydrogen-bond donors (Lipinski definition) is 1. The lowest BCUT2D eigenvalue weighted by Gasteiger charge is -2.27. The largest absolute Gasteiger partial charge is 0.494 e. The van der Waals surface area contributed by atoms with E-state index in [4.69, 9.17) is 9.47 Å². The fourth-order valence-electron chi connectivity index (χ4n) is 2.76. The Hall–Kier alpha value is -1.55. The maximum absolute atomic E-state index is 12.5. The molecule has 0 radical (unpaired) electrons. The second kappa shape index (κ2) is 7.46. The van der Waals surface area contributed by atoms with Crippen molar-refractivity contribution in [3.8, 4) is 5.75 Å². The number of benzene rings is 1. The van der Waals surface area contributed by atoms with Crippen molar-refractivity contribution in [1.29, 1.82) is 0 Å². The molecule has 1 fully saturated rings. The Morgan fingerprint density at radius 2 is 1.86 bits per heavy atom. The number of nitrogens with one attached hydrogen (secondary N) is 1. The van der Waals surface area contributed by atoms with Crippen molar-refractivity contribution < 1.29 is 14.3 Å². The number of hydrogen-bond acceptors (Lipinski definition) is 3. The van der Waals surface area contributed by atoms with Crippen molar-refractivity contribution >= 4 is 11.6 Å². The van der Waals surface area contributed by atoms with E-state index >= 15 is 0 Å². The predicted octanol–water partition coefficient (Wildman–Crippen LogP) is 3.76. The van der Waals surface area contributed by atoms with Crippen LogP contribution >= 0.6 is 0 Å². The summed E-state index contributed by atoms with van der Waals surface area (Å²) < 4.78 is 11.3. The van der Waals surface area contributed by atoms with Gasteiger partial charge in [0.1, 0.15) is 11.4 Å². The molecule has 1 N–H and O–H groups in total. The molecule has 4 heteroatoms. The molecule has 0 bridgehead atoms. The molecule has 1 amide bonds. The van der Waals surface area contributed by atoms with Crippen LogP contribution in [0.1, 0.15) is 46.0 Å². The summed E-state index contributed by atoms with van der Waals surface area (Å²) in [5, 5.41) is 2.97. The van der Waals surface area contributed by atoms with Gasteiger partial charge in [-0.1, -0.05) is 6.92 Å². The molecule has 0 aliphatic heterocycles. The number of carbonyl (C=O) groups excluding carboxylic acids is 1. The number of carbonyl (C=O) groups is 1. The van der Waals surface area contributed by atoms with Crippen LogP contribution in [0.4, 0.5) is 5.69 Å². The van der Waals surface area contributed by atoms with E-state index in [2.05, 4.69) is 12.2 Å². The van der Waals surface area contributed by atoms with Crippen LogP contribution in [0.15, 0.2) is 24.3 Å². The molecule has 0 spiro atoms. The number of rotatable bonds is 7. The summed E-state index contributed by atoms with van der Waals surface area (Å²) in [4.78, 5) is 12.5. The number of ether oxygens (including phenoxy) is 2. The summed E-state index contributed by atoms with van der Waals surface area (Å²) in [7, 11) is 0. The lowest BCUT2D eigenvalue weighted by Crippen LogP contribution is -2.43. The molecule has 21 heavy (non-hydrogen) atoms. The molecule has 116 valence electrons. The molecular weight excluding hydrogens is 266 g/mol. The van der Waals surface area contributed by atoms with Gasteiger partial charge in [0.15, 0.2) is 0 Å². The minimum Gasteiger partial charge on any atom is -0.494 e. The lowest BCUT2D eigenvalue weighted by atomic mass is 10.0. The third-order valence-corrected chi connectivity index (χ3v) is 3.83. The zero-order chi connectivity index (χ0) is 15.1. The van der Waals surface area contributed by atoms with Gasteiger partial charge in [-0.2, -0.15) is 0 Å². The topological polar surface area (TPSA) is 47.6 Å². The molecule has 1 saturated carbocycles. The summed E-state index contributed by atoms with van der Waals surface area (Å²) >= 11 is 0. The van der Waals surface area contributed by atoms with E-state index in [0.29, 0.717) is 13.2 Å². The van der Waals surface area contributed by atoms with E-state index in [1.165, 1.54) is 0 Å². The van der Waals surface area contributed by atoms with Crippen LogP contribution in [-0.4, -0.2) is 24.7 Å². The second-order valence-electron chi connectivity index (χ2n) is 5.46. The monoisotopic (exact) mass is 291 g/mol. The van der Waals surface area contributed by atoms with Crippen molar-refractivity contribution in [2.75, 3.05) is 18.5 Å². The molecule has 1 aliphatic carbocycles. The van der Waals surface area contributed by atoms with Crippen molar-refractivity contribution in [2.45, 2.75) is 51.6 Å². The minimum atomic E-state index is -0.633. The Balaban J connectivity index is 1.98. The highest BCUT2D eigenvalue weighted by Gasteiger charge is 2.41. The van der Waals surface area contributed by atoms with Gasteiger partial charge < -0.3 is 14.8 Å². The van der Waals surface area contributed by atoms with Crippen molar-refractivity contribution in [3.63, 3.8) is 0 Å². The van der Waals surface area contributed by atoms with Crippen molar-refractivity contribution in [2.24, 2.45) is 0 Å². The third-order valence-electron chi connectivity index (χ3n) is 3.83. The zero-order valence-electron chi connectivity index (χ0n) is 13.0. The van der Waals surface area contributed by atoms with Gasteiger partial charge in [0.05, 0.1) is 6.61 Å². The Labute approximate surface area is 126 Å². The molecule has 0 aromatic heterocycles. The van der Waals surface area contributed by atoms with E-state index in [-0.39, 0.29) is 5.91 Å².